The largest absolute Gasteiger partial charge is 0.371 e. The SMILES string of the molecule is CC(C)(C#N)CCCN1CCc2ccc(F)cc21. The standard InChI is InChI=1S/C15H19FN2/c1-15(2,11-17)7-3-8-18-9-6-12-4-5-13(16)10-14(12)18/h4-5,10H,3,6-9H2,1-2H3. The van der Waals surface area contributed by atoms with Crippen LogP contribution in [0.5, 0.6) is 0 Å². The summed E-state index contributed by atoms with van der Waals surface area (Å²) in [6, 6.07) is 7.35. The Hall–Kier alpha value is -1.56. The van der Waals surface area contributed by atoms with Crippen LogP contribution in [0.2, 0.25) is 0 Å². The first-order chi connectivity index (χ1) is 8.52. The van der Waals surface area contributed by atoms with Crippen molar-refractivity contribution in [2.24, 2.45) is 5.41 Å². The summed E-state index contributed by atoms with van der Waals surface area (Å²) in [6.45, 7) is 5.79. The summed E-state index contributed by atoms with van der Waals surface area (Å²) in [5.41, 5.74) is 2.01. The molecule has 0 bridgehead atoms. The van der Waals surface area contributed by atoms with Gasteiger partial charge in [0.25, 0.3) is 0 Å². The zero-order chi connectivity index (χ0) is 13.2. The van der Waals surface area contributed by atoms with Crippen LogP contribution in [0.25, 0.3) is 0 Å². The van der Waals surface area contributed by atoms with Crippen LogP contribution >= 0.6 is 0 Å². The van der Waals surface area contributed by atoms with Crippen molar-refractivity contribution in [1.29, 1.82) is 5.26 Å². The van der Waals surface area contributed by atoms with Gasteiger partial charge in [-0.05, 0) is 50.8 Å². The van der Waals surface area contributed by atoms with Crippen LogP contribution in [-0.4, -0.2) is 13.1 Å². The number of benzene rings is 1. The van der Waals surface area contributed by atoms with Gasteiger partial charge in [0.05, 0.1) is 11.5 Å². The molecule has 18 heavy (non-hydrogen) atoms. The Morgan fingerprint density at radius 2 is 2.22 bits per heavy atom. The van der Waals surface area contributed by atoms with E-state index in [0.717, 1.165) is 38.0 Å². The lowest BCUT2D eigenvalue weighted by molar-refractivity contribution is 0.435. The minimum absolute atomic E-state index is 0.169. The molecular formula is C15H19FN2. The lowest BCUT2D eigenvalue weighted by Crippen LogP contribution is -2.23. The van der Waals surface area contributed by atoms with Gasteiger partial charge in [0.2, 0.25) is 0 Å². The predicted octanol–water partition coefficient (Wildman–Crippen LogP) is 3.52. The number of hydrogen-bond donors (Lipinski definition) is 0. The summed E-state index contributed by atoms with van der Waals surface area (Å²) in [4.78, 5) is 2.23. The van der Waals surface area contributed by atoms with E-state index in [9.17, 15) is 4.39 Å². The molecule has 0 atom stereocenters. The van der Waals surface area contributed by atoms with E-state index in [0.29, 0.717) is 0 Å². The normalized spacial score (nSPS) is 14.4. The molecule has 3 heteroatoms. The Morgan fingerprint density at radius 3 is 2.94 bits per heavy atom. The second-order valence-corrected chi connectivity index (χ2v) is 5.61. The van der Waals surface area contributed by atoms with Crippen molar-refractivity contribution < 1.29 is 4.39 Å². The predicted molar refractivity (Wildman–Crippen MR) is 70.9 cm³/mol. The van der Waals surface area contributed by atoms with Gasteiger partial charge in [-0.15, -0.1) is 0 Å². The highest BCUT2D eigenvalue weighted by molar-refractivity contribution is 5.58. The number of anilines is 1. The Kier molecular flexibility index (Phi) is 3.56. The number of halogens is 1. The highest BCUT2D eigenvalue weighted by Crippen LogP contribution is 2.29. The highest BCUT2D eigenvalue weighted by atomic mass is 19.1. The van der Waals surface area contributed by atoms with Crippen molar-refractivity contribution in [3.05, 3.63) is 29.6 Å². The van der Waals surface area contributed by atoms with E-state index in [-0.39, 0.29) is 11.2 Å². The second-order valence-electron chi connectivity index (χ2n) is 5.61. The van der Waals surface area contributed by atoms with Crippen LogP contribution in [0.1, 0.15) is 32.3 Å². The fraction of sp³-hybridized carbons (Fsp3) is 0.533. The molecule has 0 fully saturated rings. The third-order valence-electron chi connectivity index (χ3n) is 3.57. The topological polar surface area (TPSA) is 27.0 Å². The molecule has 0 saturated carbocycles. The third-order valence-corrected chi connectivity index (χ3v) is 3.57. The first-order valence-electron chi connectivity index (χ1n) is 6.46. The molecule has 96 valence electrons. The average molecular weight is 246 g/mol. The summed E-state index contributed by atoms with van der Waals surface area (Å²) in [7, 11) is 0. The molecular weight excluding hydrogens is 227 g/mol. The molecule has 0 N–H and O–H groups in total. The number of nitriles is 1. The molecule has 2 nitrogen and oxygen atoms in total. The minimum Gasteiger partial charge on any atom is -0.371 e. The van der Waals surface area contributed by atoms with Crippen LogP contribution in [0, 0.1) is 22.6 Å². The van der Waals surface area contributed by atoms with Crippen molar-refractivity contribution in [3.63, 3.8) is 0 Å². The fourth-order valence-electron chi connectivity index (χ4n) is 2.42. The summed E-state index contributed by atoms with van der Waals surface area (Å²) < 4.78 is 13.2. The summed E-state index contributed by atoms with van der Waals surface area (Å²) in [6.07, 6.45) is 2.85. The molecule has 0 unspecified atom stereocenters. The Labute approximate surface area is 108 Å². The first-order valence-corrected chi connectivity index (χ1v) is 6.46. The third kappa shape index (κ3) is 2.81. The smallest absolute Gasteiger partial charge is 0.125 e. The minimum atomic E-state index is -0.259. The van der Waals surface area contributed by atoms with E-state index in [1.807, 2.05) is 19.9 Å². The van der Waals surface area contributed by atoms with Gasteiger partial charge in [-0.3, -0.25) is 0 Å². The number of rotatable bonds is 4. The van der Waals surface area contributed by atoms with Gasteiger partial charge in [-0.25, -0.2) is 4.39 Å². The molecule has 1 aromatic carbocycles. The molecule has 1 aromatic rings. The zero-order valence-electron chi connectivity index (χ0n) is 11.0. The summed E-state index contributed by atoms with van der Waals surface area (Å²) >= 11 is 0. The van der Waals surface area contributed by atoms with Gasteiger partial charge in [0.15, 0.2) is 0 Å². The zero-order valence-corrected chi connectivity index (χ0v) is 11.0. The lowest BCUT2D eigenvalue weighted by atomic mass is 9.90. The summed E-state index contributed by atoms with van der Waals surface area (Å²) in [5.74, 6) is -0.169. The molecule has 1 aliphatic rings. The van der Waals surface area contributed by atoms with Crippen molar-refractivity contribution in [3.8, 4) is 6.07 Å². The van der Waals surface area contributed by atoms with Crippen LogP contribution in [0.3, 0.4) is 0 Å². The molecule has 0 aromatic heterocycles. The van der Waals surface area contributed by atoms with Gasteiger partial charge in [0.1, 0.15) is 5.82 Å². The van der Waals surface area contributed by atoms with E-state index in [4.69, 9.17) is 5.26 Å². The number of fused-ring (bicyclic) bond motifs is 1. The van der Waals surface area contributed by atoms with Gasteiger partial charge in [-0.2, -0.15) is 5.26 Å². The molecule has 0 spiro atoms. The van der Waals surface area contributed by atoms with Gasteiger partial charge < -0.3 is 4.90 Å². The first kappa shape index (κ1) is 12.9. The molecule has 0 saturated heterocycles. The van der Waals surface area contributed by atoms with Gasteiger partial charge in [-0.1, -0.05) is 6.07 Å². The maximum absolute atomic E-state index is 13.2. The Bertz CT molecular complexity index is 474. The van der Waals surface area contributed by atoms with E-state index >= 15 is 0 Å². The van der Waals surface area contributed by atoms with E-state index in [1.54, 1.807) is 6.07 Å². The van der Waals surface area contributed by atoms with Crippen LogP contribution in [0.15, 0.2) is 18.2 Å². The Morgan fingerprint density at radius 1 is 1.44 bits per heavy atom. The quantitative estimate of drug-likeness (QED) is 0.812. The van der Waals surface area contributed by atoms with Gasteiger partial charge in [0, 0.05) is 18.8 Å². The van der Waals surface area contributed by atoms with E-state index < -0.39 is 0 Å². The van der Waals surface area contributed by atoms with Crippen molar-refractivity contribution >= 4 is 5.69 Å². The van der Waals surface area contributed by atoms with Crippen molar-refractivity contribution in [1.82, 2.24) is 0 Å². The second kappa shape index (κ2) is 4.97. The van der Waals surface area contributed by atoms with E-state index in [1.165, 1.54) is 11.6 Å². The lowest BCUT2D eigenvalue weighted by Gasteiger charge is -2.21. The fourth-order valence-corrected chi connectivity index (χ4v) is 2.42. The van der Waals surface area contributed by atoms with Crippen LogP contribution < -0.4 is 4.90 Å². The monoisotopic (exact) mass is 246 g/mol. The molecule has 0 radical (unpaired) electrons. The Balaban J connectivity index is 1.94. The molecule has 1 heterocycles. The molecule has 0 aliphatic carbocycles. The number of hydrogen-bond acceptors (Lipinski definition) is 2. The maximum atomic E-state index is 13.2. The van der Waals surface area contributed by atoms with E-state index in [2.05, 4.69) is 11.0 Å². The van der Waals surface area contributed by atoms with Crippen LogP contribution in [-0.2, 0) is 6.42 Å². The summed E-state index contributed by atoms with van der Waals surface area (Å²) in [5, 5.41) is 8.97. The maximum Gasteiger partial charge on any atom is 0.125 e. The average Bonchev–Trinajstić information content (AvgIpc) is 2.72. The molecule has 0 amide bonds. The highest BCUT2D eigenvalue weighted by Gasteiger charge is 2.21. The van der Waals surface area contributed by atoms with Crippen molar-refractivity contribution in [2.75, 3.05) is 18.0 Å². The molecule has 1 aliphatic heterocycles. The molecule has 2 rings (SSSR count). The van der Waals surface area contributed by atoms with Crippen LogP contribution in [0.4, 0.5) is 10.1 Å². The van der Waals surface area contributed by atoms with Gasteiger partial charge >= 0.3 is 0 Å². The number of nitrogens with zero attached hydrogens (tertiary/aromatic N) is 2. The van der Waals surface area contributed by atoms with Crippen molar-refractivity contribution in [2.45, 2.75) is 33.1 Å².